The molecule has 0 spiro atoms. The van der Waals surface area contributed by atoms with Gasteiger partial charge >= 0.3 is 12.3 Å². The summed E-state index contributed by atoms with van der Waals surface area (Å²) < 4.78 is 14.0. The first kappa shape index (κ1) is 15.6. The second-order valence-corrected chi connectivity index (χ2v) is 4.10. The van der Waals surface area contributed by atoms with E-state index >= 15 is 0 Å². The Kier molecular flexibility index (Phi) is 4.29. The van der Waals surface area contributed by atoms with Gasteiger partial charge in [-0.1, -0.05) is 24.3 Å². The van der Waals surface area contributed by atoms with Gasteiger partial charge in [0.05, 0.1) is 7.11 Å². The summed E-state index contributed by atoms with van der Waals surface area (Å²) in [6, 6.07) is 9.55. The topological polar surface area (TPSA) is 130 Å². The van der Waals surface area contributed by atoms with Crippen LogP contribution in [-0.4, -0.2) is 24.5 Å². The average molecular weight is 312 g/mol. The Hall–Kier alpha value is -3.78. The first-order chi connectivity index (χ1) is 11.0. The maximum Gasteiger partial charge on any atom is 0.513 e. The molecule has 2 rings (SSSR count). The van der Waals surface area contributed by atoms with Crippen molar-refractivity contribution < 1.29 is 28.9 Å². The van der Waals surface area contributed by atoms with E-state index in [9.17, 15) is 20.1 Å². The normalized spacial score (nSPS) is 9.52. The SMILES string of the molecule is COC(=O)Oc1c(C#N)c(C#N)c(OC(=O)O)c2ccccc12. The van der Waals surface area contributed by atoms with Gasteiger partial charge in [-0.3, -0.25) is 0 Å². The molecular formula is C15H8N2O6. The number of rotatable bonds is 2. The molecule has 0 fully saturated rings. The van der Waals surface area contributed by atoms with Crippen LogP contribution in [0.5, 0.6) is 11.5 Å². The first-order valence-corrected chi connectivity index (χ1v) is 6.09. The first-order valence-electron chi connectivity index (χ1n) is 6.09. The molecule has 2 aromatic carbocycles. The van der Waals surface area contributed by atoms with E-state index in [2.05, 4.69) is 9.47 Å². The van der Waals surface area contributed by atoms with Crippen molar-refractivity contribution in [3.05, 3.63) is 35.4 Å². The highest BCUT2D eigenvalue weighted by atomic mass is 16.7. The fraction of sp³-hybridized carbons (Fsp3) is 0.0667. The zero-order valence-corrected chi connectivity index (χ0v) is 11.7. The molecule has 0 atom stereocenters. The van der Waals surface area contributed by atoms with E-state index in [1.807, 2.05) is 0 Å². The number of carbonyl (C=O) groups is 2. The fourth-order valence-corrected chi connectivity index (χ4v) is 2.01. The van der Waals surface area contributed by atoms with Gasteiger partial charge in [-0.15, -0.1) is 0 Å². The molecule has 0 aliphatic carbocycles. The number of carbonyl (C=O) groups excluding carboxylic acids is 1. The second-order valence-electron chi connectivity index (χ2n) is 4.10. The van der Waals surface area contributed by atoms with Crippen LogP contribution in [0.15, 0.2) is 24.3 Å². The van der Waals surface area contributed by atoms with Crippen molar-refractivity contribution in [1.82, 2.24) is 0 Å². The quantitative estimate of drug-likeness (QED) is 0.661. The Morgan fingerprint density at radius 1 is 1.00 bits per heavy atom. The molecule has 0 saturated carbocycles. The standard InChI is InChI=1S/C15H8N2O6/c1-21-15(20)23-13-9-5-3-2-4-8(9)12(22-14(18)19)10(6-16)11(13)7-17/h2-5H,1H3,(H,18,19). The van der Waals surface area contributed by atoms with E-state index < -0.39 is 12.3 Å². The number of hydrogen-bond donors (Lipinski definition) is 1. The van der Waals surface area contributed by atoms with Crippen LogP contribution in [0.2, 0.25) is 0 Å². The lowest BCUT2D eigenvalue weighted by Gasteiger charge is -2.13. The van der Waals surface area contributed by atoms with Gasteiger partial charge in [-0.2, -0.15) is 10.5 Å². The van der Waals surface area contributed by atoms with Crippen LogP contribution >= 0.6 is 0 Å². The van der Waals surface area contributed by atoms with E-state index in [0.717, 1.165) is 7.11 Å². The smallest absolute Gasteiger partial charge is 0.449 e. The second kappa shape index (κ2) is 6.33. The summed E-state index contributed by atoms with van der Waals surface area (Å²) in [5, 5.41) is 27.8. The van der Waals surface area contributed by atoms with Crippen molar-refractivity contribution in [2.75, 3.05) is 7.11 Å². The lowest BCUT2D eigenvalue weighted by molar-refractivity contribution is 0.121. The number of fused-ring (bicyclic) bond motifs is 1. The molecule has 0 aliphatic rings. The molecule has 0 aliphatic heterocycles. The number of benzene rings is 2. The van der Waals surface area contributed by atoms with Crippen LogP contribution in [0, 0.1) is 22.7 Å². The summed E-state index contributed by atoms with van der Waals surface area (Å²) in [4.78, 5) is 22.3. The molecule has 0 saturated heterocycles. The minimum absolute atomic E-state index is 0.198. The average Bonchev–Trinajstić information content (AvgIpc) is 2.55. The van der Waals surface area contributed by atoms with Crippen molar-refractivity contribution in [1.29, 1.82) is 10.5 Å². The van der Waals surface area contributed by atoms with Gasteiger partial charge in [0.1, 0.15) is 23.3 Å². The highest BCUT2D eigenvalue weighted by Crippen LogP contribution is 2.40. The molecule has 0 aromatic heterocycles. The van der Waals surface area contributed by atoms with Crippen LogP contribution < -0.4 is 9.47 Å². The maximum absolute atomic E-state index is 11.4. The van der Waals surface area contributed by atoms with Crippen LogP contribution in [0.25, 0.3) is 10.8 Å². The molecule has 8 heteroatoms. The Morgan fingerprint density at radius 3 is 1.87 bits per heavy atom. The molecule has 114 valence electrons. The molecule has 0 radical (unpaired) electrons. The van der Waals surface area contributed by atoms with Crippen molar-refractivity contribution in [3.8, 4) is 23.6 Å². The molecule has 8 nitrogen and oxygen atoms in total. The number of nitrogens with zero attached hydrogens (tertiary/aromatic N) is 2. The molecule has 0 heterocycles. The molecule has 2 aromatic rings. The van der Waals surface area contributed by atoms with Gasteiger partial charge in [-0.25, -0.2) is 9.59 Å². The van der Waals surface area contributed by atoms with Gasteiger partial charge in [0.15, 0.2) is 11.5 Å². The monoisotopic (exact) mass is 312 g/mol. The summed E-state index contributed by atoms with van der Waals surface area (Å²) in [7, 11) is 1.09. The van der Waals surface area contributed by atoms with Crippen LogP contribution in [0.1, 0.15) is 11.1 Å². The number of hydrogen-bond acceptors (Lipinski definition) is 7. The van der Waals surface area contributed by atoms with Gasteiger partial charge in [0.25, 0.3) is 0 Å². The van der Waals surface area contributed by atoms with E-state index in [1.165, 1.54) is 12.1 Å². The minimum Gasteiger partial charge on any atom is -0.449 e. The Morgan fingerprint density at radius 2 is 1.48 bits per heavy atom. The third kappa shape index (κ3) is 2.82. The number of carboxylic acid groups (broad SMARTS) is 1. The summed E-state index contributed by atoms with van der Waals surface area (Å²) in [5.74, 6) is -0.506. The Labute approximate surface area is 129 Å². The molecule has 1 N–H and O–H groups in total. The molecule has 0 bridgehead atoms. The predicted octanol–water partition coefficient (Wildman–Crippen LogP) is 2.79. The number of nitriles is 2. The van der Waals surface area contributed by atoms with Crippen LogP contribution in [0.4, 0.5) is 9.59 Å². The van der Waals surface area contributed by atoms with Gasteiger partial charge in [0, 0.05) is 10.8 Å². The summed E-state index contributed by atoms with van der Waals surface area (Å²) in [5.41, 5.74) is -0.680. The van der Waals surface area contributed by atoms with Crippen LogP contribution in [-0.2, 0) is 4.74 Å². The van der Waals surface area contributed by atoms with Crippen molar-refractivity contribution in [3.63, 3.8) is 0 Å². The Bertz CT molecular complexity index is 891. The number of ether oxygens (including phenoxy) is 3. The maximum atomic E-state index is 11.4. The Balaban J connectivity index is 2.91. The molecular weight excluding hydrogens is 304 g/mol. The predicted molar refractivity (Wildman–Crippen MR) is 75.1 cm³/mol. The van der Waals surface area contributed by atoms with Crippen molar-refractivity contribution in [2.45, 2.75) is 0 Å². The highest BCUT2D eigenvalue weighted by Gasteiger charge is 2.25. The minimum atomic E-state index is -1.64. The van der Waals surface area contributed by atoms with Crippen LogP contribution in [0.3, 0.4) is 0 Å². The lowest BCUT2D eigenvalue weighted by Crippen LogP contribution is -2.11. The van der Waals surface area contributed by atoms with E-state index in [4.69, 9.17) is 9.84 Å². The zero-order valence-electron chi connectivity index (χ0n) is 11.7. The van der Waals surface area contributed by atoms with E-state index in [-0.39, 0.29) is 33.4 Å². The van der Waals surface area contributed by atoms with E-state index in [1.54, 1.807) is 24.3 Å². The van der Waals surface area contributed by atoms with Gasteiger partial charge in [0.2, 0.25) is 0 Å². The molecule has 23 heavy (non-hydrogen) atoms. The third-order valence-corrected chi connectivity index (χ3v) is 2.89. The zero-order chi connectivity index (χ0) is 17.0. The summed E-state index contributed by atoms with van der Waals surface area (Å²) in [6.07, 6.45) is -2.72. The van der Waals surface area contributed by atoms with Gasteiger partial charge in [-0.05, 0) is 0 Å². The fourth-order valence-electron chi connectivity index (χ4n) is 2.01. The molecule has 0 unspecified atom stereocenters. The molecule has 0 amide bonds. The number of methoxy groups -OCH3 is 1. The largest absolute Gasteiger partial charge is 0.513 e. The van der Waals surface area contributed by atoms with Crippen molar-refractivity contribution in [2.24, 2.45) is 0 Å². The third-order valence-electron chi connectivity index (χ3n) is 2.89. The summed E-state index contributed by atoms with van der Waals surface area (Å²) in [6.45, 7) is 0. The van der Waals surface area contributed by atoms with Crippen molar-refractivity contribution >= 4 is 23.1 Å². The van der Waals surface area contributed by atoms with E-state index in [0.29, 0.717) is 0 Å². The lowest BCUT2D eigenvalue weighted by atomic mass is 9.99. The highest BCUT2D eigenvalue weighted by molar-refractivity contribution is 5.99. The summed E-state index contributed by atoms with van der Waals surface area (Å²) >= 11 is 0. The van der Waals surface area contributed by atoms with Gasteiger partial charge < -0.3 is 19.3 Å².